The molecule has 3 aromatic carbocycles. The molecule has 1 fully saturated rings. The maximum absolute atomic E-state index is 14.1. The fourth-order valence-electron chi connectivity index (χ4n) is 6.21. The summed E-state index contributed by atoms with van der Waals surface area (Å²) in [6.45, 7) is 5.17. The SMILES string of the molecule is CN(C)C(=O)[C@H](Cc1cccc2ccccc12)NC(=O)[C@H](CC(=O)OCc1ccccc1)NC(=O)[C@@H](NC(=O)OC(C)(C)C)C1CCCCC1. The number of alkyl carbamates (subject to hydrolysis) is 1. The number of likely N-dealkylation sites (N-methyl/N-ethyl adjacent to an activating group) is 1. The Kier molecular flexibility index (Phi) is 13.4. The number of esters is 1. The number of rotatable bonds is 13. The number of hydrogen-bond donors (Lipinski definition) is 3. The molecule has 50 heavy (non-hydrogen) atoms. The molecule has 268 valence electrons. The maximum Gasteiger partial charge on any atom is 0.408 e. The van der Waals surface area contributed by atoms with E-state index in [2.05, 4.69) is 16.0 Å². The summed E-state index contributed by atoms with van der Waals surface area (Å²) in [4.78, 5) is 69.0. The minimum Gasteiger partial charge on any atom is -0.461 e. The van der Waals surface area contributed by atoms with Gasteiger partial charge < -0.3 is 30.3 Å². The van der Waals surface area contributed by atoms with Crippen LogP contribution in [0.25, 0.3) is 10.8 Å². The second-order valence-corrected chi connectivity index (χ2v) is 14.1. The first kappa shape index (κ1) is 37.9. The summed E-state index contributed by atoms with van der Waals surface area (Å²) in [5.74, 6) is -2.61. The fraction of sp³-hybridized carbons (Fsp3) is 0.462. The van der Waals surface area contributed by atoms with Gasteiger partial charge in [0.15, 0.2) is 0 Å². The molecule has 11 heteroatoms. The molecule has 0 aliphatic heterocycles. The number of fused-ring (bicyclic) bond motifs is 1. The molecule has 4 rings (SSSR count). The van der Waals surface area contributed by atoms with Crippen molar-refractivity contribution in [3.05, 3.63) is 83.9 Å². The lowest BCUT2D eigenvalue weighted by Crippen LogP contribution is -2.59. The molecule has 1 saturated carbocycles. The normalized spacial score (nSPS) is 15.2. The largest absolute Gasteiger partial charge is 0.461 e. The first-order valence-corrected chi connectivity index (χ1v) is 17.3. The van der Waals surface area contributed by atoms with Crippen LogP contribution in [0.1, 0.15) is 70.4 Å². The third-order valence-electron chi connectivity index (χ3n) is 8.68. The van der Waals surface area contributed by atoms with Crippen molar-refractivity contribution >= 4 is 40.6 Å². The molecule has 0 saturated heterocycles. The molecule has 1 aliphatic carbocycles. The molecule has 11 nitrogen and oxygen atoms in total. The van der Waals surface area contributed by atoms with Gasteiger partial charge in [-0.25, -0.2) is 4.79 Å². The van der Waals surface area contributed by atoms with Gasteiger partial charge in [0.1, 0.15) is 30.3 Å². The number of carbonyl (C=O) groups is 5. The van der Waals surface area contributed by atoms with E-state index in [0.717, 1.165) is 41.2 Å². The lowest BCUT2D eigenvalue weighted by molar-refractivity contribution is -0.147. The number of benzene rings is 3. The second-order valence-electron chi connectivity index (χ2n) is 14.1. The van der Waals surface area contributed by atoms with E-state index in [9.17, 15) is 24.0 Å². The Hall–Kier alpha value is -4.93. The minimum absolute atomic E-state index is 0.0182. The highest BCUT2D eigenvalue weighted by atomic mass is 16.6. The van der Waals surface area contributed by atoms with Crippen LogP contribution >= 0.6 is 0 Å². The van der Waals surface area contributed by atoms with Crippen molar-refractivity contribution in [2.45, 2.75) is 96.1 Å². The number of amides is 4. The highest BCUT2D eigenvalue weighted by Crippen LogP contribution is 2.27. The zero-order valence-corrected chi connectivity index (χ0v) is 29.7. The van der Waals surface area contributed by atoms with Crippen molar-refractivity contribution in [3.63, 3.8) is 0 Å². The highest BCUT2D eigenvalue weighted by Gasteiger charge is 2.36. The summed E-state index contributed by atoms with van der Waals surface area (Å²) in [5, 5.41) is 10.2. The Labute approximate surface area is 294 Å². The lowest BCUT2D eigenvalue weighted by atomic mass is 9.83. The van der Waals surface area contributed by atoms with Gasteiger partial charge in [-0.3, -0.25) is 19.2 Å². The van der Waals surface area contributed by atoms with Crippen LogP contribution in [0, 0.1) is 5.92 Å². The average molecular weight is 687 g/mol. The van der Waals surface area contributed by atoms with Gasteiger partial charge >= 0.3 is 12.1 Å². The maximum atomic E-state index is 14.1. The van der Waals surface area contributed by atoms with E-state index in [-0.39, 0.29) is 24.9 Å². The molecule has 0 radical (unpaired) electrons. The van der Waals surface area contributed by atoms with Gasteiger partial charge in [-0.15, -0.1) is 0 Å². The Morgan fingerprint density at radius 1 is 0.780 bits per heavy atom. The van der Waals surface area contributed by atoms with E-state index in [4.69, 9.17) is 9.47 Å². The molecular weight excluding hydrogens is 636 g/mol. The van der Waals surface area contributed by atoms with Gasteiger partial charge in [0.2, 0.25) is 17.7 Å². The molecule has 3 aromatic rings. The fourth-order valence-corrected chi connectivity index (χ4v) is 6.21. The standard InChI is InChI=1S/C39H50N4O7/c1-39(2,3)50-38(48)42-34(28-18-10-7-11-19-28)36(46)40-31(24-33(44)49-25-26-15-8-6-9-16-26)35(45)41-32(37(47)43(4)5)23-29-21-14-20-27-17-12-13-22-30(27)29/h6,8-9,12-17,20-22,28,31-32,34H,7,10-11,18-19,23-25H2,1-5H3,(H,40,46)(H,41,45)(H,42,48)/t31-,32-,34-/m0/s1. The summed E-state index contributed by atoms with van der Waals surface area (Å²) in [6.07, 6.45) is 3.14. The Morgan fingerprint density at radius 3 is 2.10 bits per heavy atom. The van der Waals surface area contributed by atoms with E-state index >= 15 is 0 Å². The van der Waals surface area contributed by atoms with Gasteiger partial charge in [-0.2, -0.15) is 0 Å². The van der Waals surface area contributed by atoms with Crippen molar-refractivity contribution in [2.75, 3.05) is 14.1 Å². The van der Waals surface area contributed by atoms with Crippen molar-refractivity contribution in [1.29, 1.82) is 0 Å². The predicted molar refractivity (Wildman–Crippen MR) is 191 cm³/mol. The van der Waals surface area contributed by atoms with E-state index < -0.39 is 54.0 Å². The summed E-state index contributed by atoms with van der Waals surface area (Å²) < 4.78 is 10.9. The molecule has 4 amide bonds. The quantitative estimate of drug-likeness (QED) is 0.214. The van der Waals surface area contributed by atoms with E-state index in [1.165, 1.54) is 4.90 Å². The summed E-state index contributed by atoms with van der Waals surface area (Å²) >= 11 is 0. The smallest absolute Gasteiger partial charge is 0.408 e. The first-order valence-electron chi connectivity index (χ1n) is 17.3. The summed E-state index contributed by atoms with van der Waals surface area (Å²) in [7, 11) is 3.20. The molecule has 0 spiro atoms. The van der Waals surface area contributed by atoms with Crippen LogP contribution in [0.4, 0.5) is 4.79 Å². The van der Waals surface area contributed by atoms with Gasteiger partial charge in [-0.05, 0) is 61.4 Å². The van der Waals surface area contributed by atoms with Gasteiger partial charge in [-0.1, -0.05) is 92.1 Å². The van der Waals surface area contributed by atoms with Crippen molar-refractivity contribution in [2.24, 2.45) is 5.92 Å². The molecule has 3 atom stereocenters. The van der Waals surface area contributed by atoms with Crippen LogP contribution in [0.5, 0.6) is 0 Å². The third-order valence-corrected chi connectivity index (χ3v) is 8.68. The van der Waals surface area contributed by atoms with Gasteiger partial charge in [0.05, 0.1) is 6.42 Å². The van der Waals surface area contributed by atoms with Gasteiger partial charge in [0, 0.05) is 20.5 Å². The number of nitrogens with one attached hydrogen (secondary N) is 3. The predicted octanol–water partition coefficient (Wildman–Crippen LogP) is 5.05. The first-order chi connectivity index (χ1) is 23.8. The monoisotopic (exact) mass is 686 g/mol. The number of nitrogens with zero attached hydrogens (tertiary/aromatic N) is 1. The van der Waals surface area contributed by atoms with Crippen molar-refractivity contribution < 1.29 is 33.4 Å². The zero-order valence-electron chi connectivity index (χ0n) is 29.7. The van der Waals surface area contributed by atoms with E-state index in [1.54, 1.807) is 47.0 Å². The van der Waals surface area contributed by atoms with Crippen molar-refractivity contribution in [3.8, 4) is 0 Å². The third kappa shape index (κ3) is 11.3. The Balaban J connectivity index is 1.59. The molecule has 3 N–H and O–H groups in total. The van der Waals surface area contributed by atoms with Crippen LogP contribution in [0.15, 0.2) is 72.8 Å². The van der Waals surface area contributed by atoms with Crippen LogP contribution in [0.3, 0.4) is 0 Å². The van der Waals surface area contributed by atoms with Gasteiger partial charge in [0.25, 0.3) is 0 Å². The van der Waals surface area contributed by atoms with Crippen LogP contribution in [-0.4, -0.2) is 72.5 Å². The lowest BCUT2D eigenvalue weighted by Gasteiger charge is -2.32. The molecule has 1 aliphatic rings. The van der Waals surface area contributed by atoms with E-state index in [0.29, 0.717) is 12.8 Å². The number of hydrogen-bond acceptors (Lipinski definition) is 7. The Bertz CT molecular complexity index is 1620. The summed E-state index contributed by atoms with van der Waals surface area (Å²) in [5.41, 5.74) is 0.822. The van der Waals surface area contributed by atoms with E-state index in [1.807, 2.05) is 60.7 Å². The highest BCUT2D eigenvalue weighted by molar-refractivity contribution is 5.96. The topological polar surface area (TPSA) is 143 Å². The average Bonchev–Trinajstić information content (AvgIpc) is 3.08. The molecule has 0 heterocycles. The Morgan fingerprint density at radius 2 is 1.42 bits per heavy atom. The number of carbonyl (C=O) groups excluding carboxylic acids is 5. The molecule has 0 bridgehead atoms. The summed E-state index contributed by atoms with van der Waals surface area (Å²) in [6, 6.07) is 19.2. The van der Waals surface area contributed by atoms with Crippen LogP contribution in [0.2, 0.25) is 0 Å². The van der Waals surface area contributed by atoms with Crippen LogP contribution in [-0.2, 0) is 41.7 Å². The molecule has 0 aromatic heterocycles. The minimum atomic E-state index is -1.40. The zero-order chi connectivity index (χ0) is 36.3. The molecule has 0 unspecified atom stereocenters. The number of ether oxygens (including phenoxy) is 2. The second kappa shape index (κ2) is 17.6. The molecular formula is C39H50N4O7. The van der Waals surface area contributed by atoms with Crippen LogP contribution < -0.4 is 16.0 Å². The van der Waals surface area contributed by atoms with Crippen molar-refractivity contribution in [1.82, 2.24) is 20.9 Å².